The Morgan fingerprint density at radius 1 is 0.645 bits per heavy atom. The summed E-state index contributed by atoms with van der Waals surface area (Å²) in [5.41, 5.74) is 4.03. The first-order chi connectivity index (χ1) is 14.9. The van der Waals surface area contributed by atoms with Gasteiger partial charge in [-0.25, -0.2) is 0 Å². The second-order valence-electron chi connectivity index (χ2n) is 6.56. The molecule has 6 nitrogen and oxygen atoms in total. The van der Waals surface area contributed by atoms with Crippen molar-refractivity contribution in [2.45, 2.75) is 6.92 Å². The fourth-order valence-electron chi connectivity index (χ4n) is 2.74. The standard InChI is InChI=1S/C23H20N4O2S2/c1-15(28)24-22(30)25-19-11-13-20(14-12-19)26-23(31)27-21(29)18-9-7-17(8-10-18)16-5-3-2-4-6-16/h2-14H,1H3,(H2,24,25,28,30)(H2,26,27,29,31). The van der Waals surface area contributed by atoms with E-state index in [0.717, 1.165) is 11.1 Å². The van der Waals surface area contributed by atoms with Gasteiger partial charge in [0.1, 0.15) is 0 Å². The van der Waals surface area contributed by atoms with Gasteiger partial charge in [0.05, 0.1) is 0 Å². The number of thiocarbonyl (C=S) groups is 2. The van der Waals surface area contributed by atoms with E-state index >= 15 is 0 Å². The summed E-state index contributed by atoms with van der Waals surface area (Å²) < 4.78 is 0. The van der Waals surface area contributed by atoms with Crippen molar-refractivity contribution < 1.29 is 9.59 Å². The van der Waals surface area contributed by atoms with Gasteiger partial charge in [-0.15, -0.1) is 0 Å². The third-order valence-corrected chi connectivity index (χ3v) is 4.58. The van der Waals surface area contributed by atoms with Crippen molar-refractivity contribution in [1.82, 2.24) is 10.6 Å². The van der Waals surface area contributed by atoms with Crippen LogP contribution in [-0.4, -0.2) is 22.0 Å². The van der Waals surface area contributed by atoms with E-state index in [0.29, 0.717) is 16.9 Å². The highest BCUT2D eigenvalue weighted by atomic mass is 32.1. The largest absolute Gasteiger partial charge is 0.332 e. The predicted molar refractivity (Wildman–Crippen MR) is 132 cm³/mol. The van der Waals surface area contributed by atoms with Crippen molar-refractivity contribution in [2.75, 3.05) is 10.6 Å². The Bertz CT molecular complexity index is 1100. The minimum atomic E-state index is -0.295. The van der Waals surface area contributed by atoms with Crippen molar-refractivity contribution >= 4 is 57.8 Å². The first-order valence-corrected chi connectivity index (χ1v) is 10.2. The van der Waals surface area contributed by atoms with Crippen LogP contribution in [0.15, 0.2) is 78.9 Å². The molecule has 0 unspecified atom stereocenters. The molecule has 0 spiro atoms. The van der Waals surface area contributed by atoms with E-state index in [2.05, 4.69) is 21.3 Å². The Hall–Kier alpha value is -3.62. The van der Waals surface area contributed by atoms with Crippen LogP contribution in [0.25, 0.3) is 11.1 Å². The van der Waals surface area contributed by atoms with Gasteiger partial charge in [-0.3, -0.25) is 14.9 Å². The van der Waals surface area contributed by atoms with Crippen LogP contribution in [-0.2, 0) is 4.79 Å². The highest BCUT2D eigenvalue weighted by Crippen LogP contribution is 2.19. The highest BCUT2D eigenvalue weighted by Gasteiger charge is 2.09. The fraction of sp³-hybridized carbons (Fsp3) is 0.0435. The second-order valence-corrected chi connectivity index (χ2v) is 7.38. The average molecular weight is 449 g/mol. The maximum Gasteiger partial charge on any atom is 0.257 e. The molecule has 0 fully saturated rings. The SMILES string of the molecule is CC(=O)NC(=S)Nc1ccc(NC(=S)NC(=O)c2ccc(-c3ccccc3)cc2)cc1. The van der Waals surface area contributed by atoms with Gasteiger partial charge in [-0.1, -0.05) is 42.5 Å². The van der Waals surface area contributed by atoms with E-state index in [1.54, 1.807) is 36.4 Å². The summed E-state index contributed by atoms with van der Waals surface area (Å²) >= 11 is 10.3. The van der Waals surface area contributed by atoms with E-state index in [4.69, 9.17) is 24.4 Å². The molecule has 0 bridgehead atoms. The molecule has 0 aliphatic rings. The molecule has 0 radical (unpaired) electrons. The van der Waals surface area contributed by atoms with E-state index in [-0.39, 0.29) is 22.0 Å². The molecule has 156 valence electrons. The van der Waals surface area contributed by atoms with Crippen LogP contribution in [0.5, 0.6) is 0 Å². The number of nitrogens with one attached hydrogen (secondary N) is 4. The number of hydrogen-bond acceptors (Lipinski definition) is 4. The molecule has 0 saturated heterocycles. The normalized spacial score (nSPS) is 9.97. The number of carbonyl (C=O) groups excluding carboxylic acids is 2. The van der Waals surface area contributed by atoms with Crippen molar-refractivity contribution in [2.24, 2.45) is 0 Å². The van der Waals surface area contributed by atoms with Crippen molar-refractivity contribution in [3.63, 3.8) is 0 Å². The third-order valence-electron chi connectivity index (χ3n) is 4.17. The minimum absolute atomic E-state index is 0.187. The summed E-state index contributed by atoms with van der Waals surface area (Å²) in [7, 11) is 0. The fourth-order valence-corrected chi connectivity index (χ4v) is 3.21. The minimum Gasteiger partial charge on any atom is -0.332 e. The average Bonchev–Trinajstić information content (AvgIpc) is 2.75. The number of benzene rings is 3. The van der Waals surface area contributed by atoms with E-state index in [1.807, 2.05) is 42.5 Å². The van der Waals surface area contributed by atoms with E-state index < -0.39 is 0 Å². The lowest BCUT2D eigenvalue weighted by molar-refractivity contribution is -0.117. The lowest BCUT2D eigenvalue weighted by Crippen LogP contribution is -2.34. The summed E-state index contributed by atoms with van der Waals surface area (Å²) in [5.74, 6) is -0.539. The van der Waals surface area contributed by atoms with Gasteiger partial charge in [-0.05, 0) is 72.0 Å². The molecule has 0 atom stereocenters. The topological polar surface area (TPSA) is 82.3 Å². The Morgan fingerprint density at radius 2 is 1.13 bits per heavy atom. The van der Waals surface area contributed by atoms with Gasteiger partial charge in [0.2, 0.25) is 5.91 Å². The summed E-state index contributed by atoms with van der Waals surface area (Å²) in [6.45, 7) is 1.38. The number of rotatable bonds is 4. The maximum absolute atomic E-state index is 12.5. The Labute approximate surface area is 191 Å². The van der Waals surface area contributed by atoms with E-state index in [9.17, 15) is 9.59 Å². The van der Waals surface area contributed by atoms with Gasteiger partial charge in [0, 0.05) is 23.9 Å². The monoisotopic (exact) mass is 448 g/mol. The second kappa shape index (κ2) is 10.4. The lowest BCUT2D eigenvalue weighted by Gasteiger charge is -2.12. The number of hydrogen-bond donors (Lipinski definition) is 4. The van der Waals surface area contributed by atoms with Gasteiger partial charge in [0.25, 0.3) is 5.91 Å². The first kappa shape index (κ1) is 22.1. The summed E-state index contributed by atoms with van der Waals surface area (Å²) in [4.78, 5) is 23.5. The summed E-state index contributed by atoms with van der Waals surface area (Å²) in [5, 5.41) is 11.4. The lowest BCUT2D eigenvalue weighted by atomic mass is 10.0. The quantitative estimate of drug-likeness (QED) is 0.445. The Balaban J connectivity index is 1.53. The molecule has 0 saturated carbocycles. The third kappa shape index (κ3) is 6.70. The molecule has 3 rings (SSSR count). The molecule has 4 N–H and O–H groups in total. The van der Waals surface area contributed by atoms with Crippen LogP contribution < -0.4 is 21.3 Å². The van der Waals surface area contributed by atoms with Gasteiger partial charge in [-0.2, -0.15) is 0 Å². The molecule has 31 heavy (non-hydrogen) atoms. The summed E-state index contributed by atoms with van der Waals surface area (Å²) in [6.07, 6.45) is 0. The van der Waals surface area contributed by atoms with Gasteiger partial charge in [0.15, 0.2) is 10.2 Å². The van der Waals surface area contributed by atoms with Crippen LogP contribution in [0.2, 0.25) is 0 Å². The molecule has 3 aromatic carbocycles. The van der Waals surface area contributed by atoms with E-state index in [1.165, 1.54) is 6.92 Å². The molecule has 0 heterocycles. The number of carbonyl (C=O) groups is 2. The van der Waals surface area contributed by atoms with Crippen LogP contribution in [0.4, 0.5) is 11.4 Å². The van der Waals surface area contributed by atoms with Gasteiger partial charge < -0.3 is 16.0 Å². The number of anilines is 2. The molecule has 8 heteroatoms. The maximum atomic E-state index is 12.5. The zero-order valence-electron chi connectivity index (χ0n) is 16.6. The molecule has 0 aliphatic carbocycles. The zero-order chi connectivity index (χ0) is 22.2. The van der Waals surface area contributed by atoms with Crippen LogP contribution in [0, 0.1) is 0 Å². The van der Waals surface area contributed by atoms with Crippen LogP contribution >= 0.6 is 24.4 Å². The molecular weight excluding hydrogens is 428 g/mol. The first-order valence-electron chi connectivity index (χ1n) is 9.37. The molecule has 0 aliphatic heterocycles. The molecule has 2 amide bonds. The highest BCUT2D eigenvalue weighted by molar-refractivity contribution is 7.80. The molecule has 0 aromatic heterocycles. The smallest absolute Gasteiger partial charge is 0.257 e. The Morgan fingerprint density at radius 3 is 1.65 bits per heavy atom. The van der Waals surface area contributed by atoms with Gasteiger partial charge >= 0.3 is 0 Å². The molecular formula is C23H20N4O2S2. The predicted octanol–water partition coefficient (Wildman–Crippen LogP) is 4.31. The molecule has 3 aromatic rings. The number of amides is 2. The van der Waals surface area contributed by atoms with Crippen LogP contribution in [0.3, 0.4) is 0 Å². The van der Waals surface area contributed by atoms with Crippen LogP contribution in [0.1, 0.15) is 17.3 Å². The van der Waals surface area contributed by atoms with Crippen molar-refractivity contribution in [3.8, 4) is 11.1 Å². The zero-order valence-corrected chi connectivity index (χ0v) is 18.3. The Kier molecular flexibility index (Phi) is 7.42. The van der Waals surface area contributed by atoms with Crippen molar-refractivity contribution in [1.29, 1.82) is 0 Å². The summed E-state index contributed by atoms with van der Waals surface area (Å²) in [6, 6.07) is 24.3. The van der Waals surface area contributed by atoms with Crippen molar-refractivity contribution in [3.05, 3.63) is 84.4 Å².